The van der Waals surface area contributed by atoms with Crippen molar-refractivity contribution in [2.45, 2.75) is 13.5 Å². The fraction of sp³-hybridized carbons (Fsp3) is 0.200. The highest BCUT2D eigenvalue weighted by molar-refractivity contribution is 7.80. The van der Waals surface area contributed by atoms with E-state index < -0.39 is 0 Å². The summed E-state index contributed by atoms with van der Waals surface area (Å²) in [7, 11) is 1.62. The zero-order valence-electron chi connectivity index (χ0n) is 15.0. The summed E-state index contributed by atoms with van der Waals surface area (Å²) in [5.74, 6) is 0.665. The molecule has 5 nitrogen and oxygen atoms in total. The second-order valence-corrected chi connectivity index (χ2v) is 6.29. The number of nitrogens with zero attached hydrogens (tertiary/aromatic N) is 1. The van der Waals surface area contributed by atoms with Gasteiger partial charge in [0.05, 0.1) is 6.61 Å². The van der Waals surface area contributed by atoms with Crippen molar-refractivity contribution in [3.8, 4) is 11.5 Å². The monoisotopic (exact) mass is 386 g/mol. The molecule has 1 aliphatic rings. The van der Waals surface area contributed by atoms with Gasteiger partial charge in [-0.1, -0.05) is 18.2 Å². The molecule has 1 fully saturated rings. The predicted octanol–water partition coefficient (Wildman–Crippen LogP) is 3.49. The van der Waals surface area contributed by atoms with E-state index in [9.17, 15) is 9.18 Å². The standard InChI is InChI=1S/C20H19FN2O3S/c1-3-25-18-11-14(10-16-19(24)23(2)20(27)22-16)6-9-17(18)26-12-13-4-7-15(21)8-5-13/h4-11H,3,12H2,1-2H3,(H,22,27)/b16-10+. The van der Waals surface area contributed by atoms with Crippen LogP contribution in [0.2, 0.25) is 0 Å². The predicted molar refractivity (Wildman–Crippen MR) is 105 cm³/mol. The van der Waals surface area contributed by atoms with Crippen LogP contribution >= 0.6 is 12.2 Å². The summed E-state index contributed by atoms with van der Waals surface area (Å²) in [5, 5.41) is 3.26. The molecule has 0 bridgehead atoms. The van der Waals surface area contributed by atoms with Gasteiger partial charge < -0.3 is 14.8 Å². The molecule has 0 spiro atoms. The molecular formula is C20H19FN2O3S. The molecule has 1 amide bonds. The van der Waals surface area contributed by atoms with Crippen LogP contribution < -0.4 is 14.8 Å². The number of nitrogens with one attached hydrogen (secondary N) is 1. The van der Waals surface area contributed by atoms with Crippen molar-refractivity contribution in [2.75, 3.05) is 13.7 Å². The van der Waals surface area contributed by atoms with E-state index >= 15 is 0 Å². The average Bonchev–Trinajstić information content (AvgIpc) is 2.89. The Labute approximate surface area is 162 Å². The first-order chi connectivity index (χ1) is 13.0. The Morgan fingerprint density at radius 3 is 2.52 bits per heavy atom. The van der Waals surface area contributed by atoms with Gasteiger partial charge in [0.15, 0.2) is 16.6 Å². The molecule has 0 radical (unpaired) electrons. The molecule has 2 aromatic rings. The molecule has 1 N–H and O–H groups in total. The van der Waals surface area contributed by atoms with Crippen LogP contribution in [-0.4, -0.2) is 29.6 Å². The van der Waals surface area contributed by atoms with Crippen molar-refractivity contribution < 1.29 is 18.7 Å². The van der Waals surface area contributed by atoms with Gasteiger partial charge in [0.25, 0.3) is 5.91 Å². The van der Waals surface area contributed by atoms with Gasteiger partial charge in [-0.3, -0.25) is 9.69 Å². The molecule has 0 aliphatic carbocycles. The van der Waals surface area contributed by atoms with Crippen molar-refractivity contribution in [1.29, 1.82) is 0 Å². The maximum absolute atomic E-state index is 13.0. The molecule has 0 saturated carbocycles. The number of amides is 1. The number of hydrogen-bond donors (Lipinski definition) is 1. The Bertz CT molecular complexity index is 897. The summed E-state index contributed by atoms with van der Waals surface area (Å²) in [5.41, 5.74) is 2.04. The molecule has 3 rings (SSSR count). The van der Waals surface area contributed by atoms with Crippen LogP contribution in [0.3, 0.4) is 0 Å². The van der Waals surface area contributed by atoms with E-state index in [2.05, 4.69) is 5.32 Å². The van der Waals surface area contributed by atoms with Crippen LogP contribution in [0.15, 0.2) is 48.2 Å². The number of halogens is 1. The number of ether oxygens (including phenoxy) is 2. The molecule has 1 aliphatic heterocycles. The largest absolute Gasteiger partial charge is 0.490 e. The normalized spacial score (nSPS) is 15.2. The van der Waals surface area contributed by atoms with Crippen molar-refractivity contribution in [3.63, 3.8) is 0 Å². The second-order valence-electron chi connectivity index (χ2n) is 5.91. The number of rotatable bonds is 6. The highest BCUT2D eigenvalue weighted by Gasteiger charge is 2.27. The van der Waals surface area contributed by atoms with Crippen molar-refractivity contribution >= 4 is 29.3 Å². The van der Waals surface area contributed by atoms with Crippen molar-refractivity contribution in [2.24, 2.45) is 0 Å². The molecule has 27 heavy (non-hydrogen) atoms. The van der Waals surface area contributed by atoms with Crippen molar-refractivity contribution in [1.82, 2.24) is 10.2 Å². The zero-order valence-corrected chi connectivity index (χ0v) is 15.8. The van der Waals surface area contributed by atoms with Gasteiger partial charge in [0, 0.05) is 7.05 Å². The minimum absolute atomic E-state index is 0.186. The van der Waals surface area contributed by atoms with Crippen LogP contribution in [-0.2, 0) is 11.4 Å². The molecule has 140 valence electrons. The van der Waals surface area contributed by atoms with Crippen LogP contribution in [0.1, 0.15) is 18.1 Å². The summed E-state index contributed by atoms with van der Waals surface area (Å²) in [4.78, 5) is 13.5. The van der Waals surface area contributed by atoms with Crippen molar-refractivity contribution in [3.05, 3.63) is 65.1 Å². The first-order valence-electron chi connectivity index (χ1n) is 8.42. The molecule has 7 heteroatoms. The first kappa shape index (κ1) is 18.8. The average molecular weight is 386 g/mol. The van der Waals surface area contributed by atoms with Crippen LogP contribution in [0, 0.1) is 5.82 Å². The number of likely N-dealkylation sites (N-methyl/N-ethyl adjacent to an activating group) is 1. The minimum atomic E-state index is -0.286. The zero-order chi connectivity index (χ0) is 19.4. The summed E-state index contributed by atoms with van der Waals surface area (Å²) < 4.78 is 24.5. The van der Waals surface area contributed by atoms with E-state index in [0.717, 1.165) is 11.1 Å². The van der Waals surface area contributed by atoms with Gasteiger partial charge in [-0.25, -0.2) is 4.39 Å². The fourth-order valence-electron chi connectivity index (χ4n) is 2.53. The number of benzene rings is 2. The smallest absolute Gasteiger partial charge is 0.276 e. The van der Waals surface area contributed by atoms with Gasteiger partial charge in [0.1, 0.15) is 18.1 Å². The molecule has 0 aromatic heterocycles. The third-order valence-corrected chi connectivity index (χ3v) is 4.34. The number of carbonyl (C=O) groups is 1. The summed E-state index contributed by atoms with van der Waals surface area (Å²) in [6.45, 7) is 2.64. The Morgan fingerprint density at radius 1 is 1.15 bits per heavy atom. The van der Waals surface area contributed by atoms with E-state index in [0.29, 0.717) is 35.5 Å². The van der Waals surface area contributed by atoms with Crippen LogP contribution in [0.25, 0.3) is 6.08 Å². The minimum Gasteiger partial charge on any atom is -0.490 e. The number of carbonyl (C=O) groups excluding carboxylic acids is 1. The maximum atomic E-state index is 13.0. The van der Waals surface area contributed by atoms with E-state index in [4.69, 9.17) is 21.7 Å². The molecule has 1 saturated heterocycles. The first-order valence-corrected chi connectivity index (χ1v) is 8.83. The Balaban J connectivity index is 1.79. The number of hydrogen-bond acceptors (Lipinski definition) is 4. The molecule has 0 unspecified atom stereocenters. The fourth-order valence-corrected chi connectivity index (χ4v) is 2.73. The maximum Gasteiger partial charge on any atom is 0.276 e. The SMILES string of the molecule is CCOc1cc(/C=C2/NC(=S)N(C)C2=O)ccc1OCc1ccc(F)cc1. The highest BCUT2D eigenvalue weighted by atomic mass is 32.1. The van der Waals surface area contributed by atoms with Gasteiger partial charge in [0.2, 0.25) is 0 Å². The highest BCUT2D eigenvalue weighted by Crippen LogP contribution is 2.30. The van der Waals surface area contributed by atoms with Gasteiger partial charge >= 0.3 is 0 Å². The van der Waals surface area contributed by atoms with E-state index in [1.807, 2.05) is 13.0 Å². The summed E-state index contributed by atoms with van der Waals surface area (Å²) >= 11 is 5.07. The van der Waals surface area contributed by atoms with Gasteiger partial charge in [-0.15, -0.1) is 0 Å². The van der Waals surface area contributed by atoms with E-state index in [-0.39, 0.29) is 11.7 Å². The third kappa shape index (κ3) is 4.43. The lowest BCUT2D eigenvalue weighted by atomic mass is 10.1. The van der Waals surface area contributed by atoms with Gasteiger partial charge in [-0.05, 0) is 60.6 Å². The van der Waals surface area contributed by atoms with Crippen LogP contribution in [0.4, 0.5) is 4.39 Å². The molecule has 2 aromatic carbocycles. The lowest BCUT2D eigenvalue weighted by molar-refractivity contribution is -0.121. The number of thiocarbonyl (C=S) groups is 1. The lowest BCUT2D eigenvalue weighted by Crippen LogP contribution is -2.25. The molecule has 0 atom stereocenters. The summed E-state index contributed by atoms with van der Waals surface area (Å²) in [6.07, 6.45) is 1.71. The Kier molecular flexibility index (Phi) is 5.71. The topological polar surface area (TPSA) is 50.8 Å². The van der Waals surface area contributed by atoms with Crippen LogP contribution in [0.5, 0.6) is 11.5 Å². The summed E-state index contributed by atoms with van der Waals surface area (Å²) in [6, 6.07) is 11.5. The second kappa shape index (κ2) is 8.18. The third-order valence-electron chi connectivity index (χ3n) is 3.97. The Morgan fingerprint density at radius 2 is 1.89 bits per heavy atom. The molecular weight excluding hydrogens is 367 g/mol. The van der Waals surface area contributed by atoms with E-state index in [1.54, 1.807) is 37.4 Å². The van der Waals surface area contributed by atoms with E-state index in [1.165, 1.54) is 17.0 Å². The molecule has 1 heterocycles. The quantitative estimate of drug-likeness (QED) is 0.608. The van der Waals surface area contributed by atoms with Gasteiger partial charge in [-0.2, -0.15) is 0 Å². The lowest BCUT2D eigenvalue weighted by Gasteiger charge is -2.13. The Hall–Kier alpha value is -2.93.